The normalized spacial score (nSPS) is 14.8. The van der Waals surface area contributed by atoms with Gasteiger partial charge < -0.3 is 15.6 Å². The van der Waals surface area contributed by atoms with Gasteiger partial charge in [-0.2, -0.15) is 0 Å². The number of benzene rings is 1. The Balaban J connectivity index is 3.15. The Labute approximate surface area is 98.7 Å². The maximum atomic E-state index is 9.36. The van der Waals surface area contributed by atoms with Gasteiger partial charge in [-0.15, -0.1) is 0 Å². The first-order chi connectivity index (χ1) is 6.97. The molecule has 84 valence electrons. The molecule has 1 aromatic rings. The van der Waals surface area contributed by atoms with Crippen LogP contribution in [0.1, 0.15) is 18.5 Å². The van der Waals surface area contributed by atoms with Gasteiger partial charge in [0.25, 0.3) is 0 Å². The number of halogens is 2. The van der Waals surface area contributed by atoms with Gasteiger partial charge in [-0.1, -0.05) is 23.2 Å². The first-order valence-corrected chi connectivity index (χ1v) is 5.19. The number of ether oxygens (including phenoxy) is 1. The van der Waals surface area contributed by atoms with Gasteiger partial charge in [0, 0.05) is 11.1 Å². The summed E-state index contributed by atoms with van der Waals surface area (Å²) in [5.74, 6) is 0.489. The molecule has 0 radical (unpaired) electrons. The number of aliphatic hydroxyl groups is 1. The molecule has 0 aliphatic carbocycles. The van der Waals surface area contributed by atoms with E-state index in [4.69, 9.17) is 33.7 Å². The molecule has 0 aliphatic rings. The zero-order valence-electron chi connectivity index (χ0n) is 8.50. The van der Waals surface area contributed by atoms with Crippen molar-refractivity contribution in [1.29, 1.82) is 0 Å². The van der Waals surface area contributed by atoms with E-state index in [1.54, 1.807) is 19.1 Å². The first kappa shape index (κ1) is 12.6. The molecule has 1 aromatic carbocycles. The molecule has 5 heteroatoms. The zero-order chi connectivity index (χ0) is 11.6. The summed E-state index contributed by atoms with van der Waals surface area (Å²) < 4.78 is 5.00. The van der Waals surface area contributed by atoms with E-state index < -0.39 is 12.1 Å². The smallest absolute Gasteiger partial charge is 0.138 e. The summed E-state index contributed by atoms with van der Waals surface area (Å²) in [6.07, 6.45) is -0.688. The van der Waals surface area contributed by atoms with Crippen LogP contribution in [-0.2, 0) is 0 Å². The second-order valence-corrected chi connectivity index (χ2v) is 4.09. The second-order valence-electron chi connectivity index (χ2n) is 3.27. The molecule has 0 amide bonds. The summed E-state index contributed by atoms with van der Waals surface area (Å²) in [7, 11) is 1.51. The third kappa shape index (κ3) is 2.75. The summed E-state index contributed by atoms with van der Waals surface area (Å²) >= 11 is 11.9. The van der Waals surface area contributed by atoms with E-state index in [0.29, 0.717) is 21.4 Å². The van der Waals surface area contributed by atoms with E-state index in [1.165, 1.54) is 7.11 Å². The highest BCUT2D eigenvalue weighted by Crippen LogP contribution is 2.34. The van der Waals surface area contributed by atoms with Crippen molar-refractivity contribution in [1.82, 2.24) is 0 Å². The summed E-state index contributed by atoms with van der Waals surface area (Å²) in [6, 6.07) is 2.64. The maximum Gasteiger partial charge on any atom is 0.138 e. The highest BCUT2D eigenvalue weighted by atomic mass is 35.5. The van der Waals surface area contributed by atoms with Crippen molar-refractivity contribution in [3.63, 3.8) is 0 Å². The molecule has 2 unspecified atom stereocenters. The molecular weight excluding hydrogens is 237 g/mol. The molecule has 0 aliphatic heterocycles. The van der Waals surface area contributed by atoms with Crippen molar-refractivity contribution in [2.45, 2.75) is 19.1 Å². The minimum absolute atomic E-state index is 0.424. The van der Waals surface area contributed by atoms with E-state index in [-0.39, 0.29) is 0 Å². The monoisotopic (exact) mass is 249 g/mol. The standard InChI is InChI=1S/C10H13Cl2NO2/c1-5(14)10(13)6-3-8(12)9(15-2)4-7(6)11/h3-5,10,14H,13H2,1-2H3. The minimum Gasteiger partial charge on any atom is -0.495 e. The average molecular weight is 250 g/mol. The molecule has 0 aromatic heterocycles. The van der Waals surface area contributed by atoms with Gasteiger partial charge in [0.15, 0.2) is 0 Å². The average Bonchev–Trinajstić information content (AvgIpc) is 2.19. The SMILES string of the molecule is COc1cc(Cl)c(C(N)C(C)O)cc1Cl. The number of methoxy groups -OCH3 is 1. The lowest BCUT2D eigenvalue weighted by Crippen LogP contribution is -2.23. The Morgan fingerprint density at radius 2 is 1.93 bits per heavy atom. The van der Waals surface area contributed by atoms with E-state index in [0.717, 1.165) is 0 Å². The molecule has 15 heavy (non-hydrogen) atoms. The molecule has 3 N–H and O–H groups in total. The van der Waals surface area contributed by atoms with E-state index in [1.807, 2.05) is 0 Å². The predicted molar refractivity (Wildman–Crippen MR) is 61.6 cm³/mol. The second kappa shape index (κ2) is 5.03. The van der Waals surface area contributed by atoms with Gasteiger partial charge in [0.05, 0.1) is 24.3 Å². The van der Waals surface area contributed by atoms with Crippen LogP contribution in [0.2, 0.25) is 10.0 Å². The molecule has 3 nitrogen and oxygen atoms in total. The maximum absolute atomic E-state index is 9.36. The number of nitrogens with two attached hydrogens (primary N) is 1. The zero-order valence-corrected chi connectivity index (χ0v) is 10.0. The molecule has 0 heterocycles. The van der Waals surface area contributed by atoms with Gasteiger partial charge in [0.1, 0.15) is 5.75 Å². The molecular formula is C10H13Cl2NO2. The van der Waals surface area contributed by atoms with Crippen molar-refractivity contribution in [3.05, 3.63) is 27.7 Å². The summed E-state index contributed by atoms with van der Waals surface area (Å²) in [5.41, 5.74) is 6.37. The summed E-state index contributed by atoms with van der Waals surface area (Å²) in [5, 5.41) is 10.2. The Kier molecular flexibility index (Phi) is 4.22. The Bertz CT molecular complexity index is 356. The quantitative estimate of drug-likeness (QED) is 0.865. The van der Waals surface area contributed by atoms with Crippen LogP contribution >= 0.6 is 23.2 Å². The van der Waals surface area contributed by atoms with Gasteiger partial charge in [-0.25, -0.2) is 0 Å². The van der Waals surface area contributed by atoms with E-state index >= 15 is 0 Å². The third-order valence-corrected chi connectivity index (χ3v) is 2.77. The fourth-order valence-corrected chi connectivity index (χ4v) is 1.74. The van der Waals surface area contributed by atoms with Crippen molar-refractivity contribution >= 4 is 23.2 Å². The largest absolute Gasteiger partial charge is 0.495 e. The molecule has 0 bridgehead atoms. The molecule has 1 rings (SSSR count). The fraction of sp³-hybridized carbons (Fsp3) is 0.400. The highest BCUT2D eigenvalue weighted by Gasteiger charge is 2.17. The van der Waals surface area contributed by atoms with Crippen LogP contribution in [0.25, 0.3) is 0 Å². The number of hydrogen-bond acceptors (Lipinski definition) is 3. The lowest BCUT2D eigenvalue weighted by Gasteiger charge is -2.17. The van der Waals surface area contributed by atoms with Crippen LogP contribution in [0.4, 0.5) is 0 Å². The first-order valence-electron chi connectivity index (χ1n) is 4.44. The fourth-order valence-electron chi connectivity index (χ4n) is 1.22. The molecule has 2 atom stereocenters. The van der Waals surface area contributed by atoms with Crippen molar-refractivity contribution in [3.8, 4) is 5.75 Å². The van der Waals surface area contributed by atoms with Gasteiger partial charge >= 0.3 is 0 Å². The van der Waals surface area contributed by atoms with Gasteiger partial charge in [-0.3, -0.25) is 0 Å². The van der Waals surface area contributed by atoms with Crippen molar-refractivity contribution in [2.24, 2.45) is 5.73 Å². The van der Waals surface area contributed by atoms with Crippen LogP contribution in [0.5, 0.6) is 5.75 Å². The van der Waals surface area contributed by atoms with Crippen molar-refractivity contribution < 1.29 is 9.84 Å². The number of aliphatic hydroxyl groups excluding tert-OH is 1. The third-order valence-electron chi connectivity index (χ3n) is 2.15. The molecule has 0 spiro atoms. The van der Waals surface area contributed by atoms with Gasteiger partial charge in [-0.05, 0) is 18.6 Å². The van der Waals surface area contributed by atoms with Crippen molar-refractivity contribution in [2.75, 3.05) is 7.11 Å². The van der Waals surface area contributed by atoms with Crippen LogP contribution in [0.3, 0.4) is 0 Å². The van der Waals surface area contributed by atoms with Crippen LogP contribution in [0, 0.1) is 0 Å². The summed E-state index contributed by atoms with van der Waals surface area (Å²) in [6.45, 7) is 1.60. The van der Waals surface area contributed by atoms with Gasteiger partial charge in [0.2, 0.25) is 0 Å². The Morgan fingerprint density at radius 3 is 2.40 bits per heavy atom. The Hall–Kier alpha value is -0.480. The van der Waals surface area contributed by atoms with Crippen LogP contribution in [-0.4, -0.2) is 18.3 Å². The number of rotatable bonds is 3. The lowest BCUT2D eigenvalue weighted by atomic mass is 10.0. The lowest BCUT2D eigenvalue weighted by molar-refractivity contribution is 0.164. The molecule has 0 fully saturated rings. The highest BCUT2D eigenvalue weighted by molar-refractivity contribution is 6.34. The minimum atomic E-state index is -0.688. The number of hydrogen-bond donors (Lipinski definition) is 2. The van der Waals surface area contributed by atoms with Crippen LogP contribution < -0.4 is 10.5 Å². The Morgan fingerprint density at radius 1 is 1.33 bits per heavy atom. The molecule has 0 saturated heterocycles. The van der Waals surface area contributed by atoms with E-state index in [2.05, 4.69) is 0 Å². The van der Waals surface area contributed by atoms with E-state index in [9.17, 15) is 5.11 Å². The topological polar surface area (TPSA) is 55.5 Å². The molecule has 0 saturated carbocycles. The van der Waals surface area contributed by atoms with Crippen LogP contribution in [0.15, 0.2) is 12.1 Å². The predicted octanol–water partition coefficient (Wildman–Crippen LogP) is 2.38. The summed E-state index contributed by atoms with van der Waals surface area (Å²) in [4.78, 5) is 0.